The van der Waals surface area contributed by atoms with E-state index in [1.54, 1.807) is 0 Å². The topological polar surface area (TPSA) is 61.9 Å². The third-order valence-corrected chi connectivity index (χ3v) is 6.86. The summed E-state index contributed by atoms with van der Waals surface area (Å²) < 4.78 is 5.45. The number of nitrogens with one attached hydrogen (secondary N) is 1. The molecule has 0 unspecified atom stereocenters. The summed E-state index contributed by atoms with van der Waals surface area (Å²) >= 11 is 0. The first-order valence-corrected chi connectivity index (χ1v) is 11.7. The van der Waals surface area contributed by atoms with Gasteiger partial charge < -0.3 is 15.0 Å². The van der Waals surface area contributed by atoms with Gasteiger partial charge in [-0.2, -0.15) is 0 Å². The summed E-state index contributed by atoms with van der Waals surface area (Å²) in [6.07, 6.45) is 7.18. The summed E-state index contributed by atoms with van der Waals surface area (Å²) in [5.74, 6) is 0.333. The fourth-order valence-electron chi connectivity index (χ4n) is 5.07. The highest BCUT2D eigenvalue weighted by atomic mass is 16.5. The van der Waals surface area contributed by atoms with Gasteiger partial charge in [0.15, 0.2) is 0 Å². The van der Waals surface area contributed by atoms with Crippen molar-refractivity contribution < 1.29 is 14.3 Å². The molecule has 1 saturated carbocycles. The van der Waals surface area contributed by atoms with Gasteiger partial charge in [0.05, 0.1) is 13.2 Å². The van der Waals surface area contributed by atoms with E-state index >= 15 is 0 Å². The van der Waals surface area contributed by atoms with Crippen molar-refractivity contribution in [2.24, 2.45) is 5.92 Å². The molecule has 6 heteroatoms. The van der Waals surface area contributed by atoms with E-state index in [9.17, 15) is 9.59 Å². The zero-order chi connectivity index (χ0) is 20.8. The summed E-state index contributed by atoms with van der Waals surface area (Å²) in [5.41, 5.74) is 2.40. The fraction of sp³-hybridized carbons (Fsp3) is 0.667. The molecule has 3 fully saturated rings. The van der Waals surface area contributed by atoms with E-state index in [-0.39, 0.29) is 23.8 Å². The molecule has 2 amide bonds. The van der Waals surface area contributed by atoms with Crippen molar-refractivity contribution in [3.8, 4) is 0 Å². The van der Waals surface area contributed by atoms with Crippen LogP contribution in [0, 0.1) is 5.92 Å². The molecule has 1 aromatic carbocycles. The normalized spacial score (nSPS) is 23.5. The first kappa shape index (κ1) is 21.3. The minimum Gasteiger partial charge on any atom is -0.379 e. The van der Waals surface area contributed by atoms with Crippen LogP contribution in [0.25, 0.3) is 0 Å². The van der Waals surface area contributed by atoms with Gasteiger partial charge in [-0.05, 0) is 36.8 Å². The number of ether oxygens (including phenoxy) is 1. The third kappa shape index (κ3) is 5.22. The van der Waals surface area contributed by atoms with Gasteiger partial charge in [0, 0.05) is 38.6 Å². The lowest BCUT2D eigenvalue weighted by atomic mass is 9.88. The lowest BCUT2D eigenvalue weighted by Crippen LogP contribution is -2.48. The van der Waals surface area contributed by atoms with Gasteiger partial charge in [0.1, 0.15) is 6.04 Å². The molecule has 6 nitrogen and oxygen atoms in total. The van der Waals surface area contributed by atoms with Gasteiger partial charge in [-0.1, -0.05) is 43.5 Å². The highest BCUT2D eigenvalue weighted by molar-refractivity contribution is 5.89. The lowest BCUT2D eigenvalue weighted by molar-refractivity contribution is -0.142. The second-order valence-corrected chi connectivity index (χ2v) is 8.90. The molecule has 0 spiro atoms. The molecular weight excluding hydrogens is 378 g/mol. The van der Waals surface area contributed by atoms with Gasteiger partial charge >= 0.3 is 0 Å². The maximum atomic E-state index is 13.0. The lowest BCUT2D eigenvalue weighted by Gasteiger charge is -2.30. The van der Waals surface area contributed by atoms with E-state index in [1.807, 2.05) is 11.0 Å². The van der Waals surface area contributed by atoms with Crippen LogP contribution >= 0.6 is 0 Å². The monoisotopic (exact) mass is 413 g/mol. The Morgan fingerprint density at radius 1 is 0.933 bits per heavy atom. The first-order chi connectivity index (χ1) is 14.7. The molecule has 1 aliphatic carbocycles. The zero-order valence-electron chi connectivity index (χ0n) is 18.0. The molecule has 2 aliphatic heterocycles. The van der Waals surface area contributed by atoms with E-state index in [0.29, 0.717) is 6.54 Å². The number of carbonyl (C=O) groups excluding carboxylic acids is 2. The van der Waals surface area contributed by atoms with E-state index in [2.05, 4.69) is 28.4 Å². The predicted octanol–water partition coefficient (Wildman–Crippen LogP) is 2.71. The quantitative estimate of drug-likeness (QED) is 0.779. The van der Waals surface area contributed by atoms with Crippen molar-refractivity contribution in [3.05, 3.63) is 35.4 Å². The molecule has 0 bridgehead atoms. The van der Waals surface area contributed by atoms with E-state index in [1.165, 1.54) is 12.0 Å². The van der Waals surface area contributed by atoms with Crippen LogP contribution in [0.4, 0.5) is 0 Å². The number of hydrogen-bond donors (Lipinski definition) is 1. The summed E-state index contributed by atoms with van der Waals surface area (Å²) in [6.45, 7) is 5.58. The van der Waals surface area contributed by atoms with Crippen LogP contribution < -0.4 is 5.32 Å². The second-order valence-electron chi connectivity index (χ2n) is 8.90. The maximum absolute atomic E-state index is 13.0. The number of morpholine rings is 1. The van der Waals surface area contributed by atoms with Crippen molar-refractivity contribution in [1.29, 1.82) is 0 Å². The Balaban J connectivity index is 1.34. The molecular formula is C24H35N3O3. The van der Waals surface area contributed by atoms with E-state index in [0.717, 1.165) is 83.5 Å². The standard InChI is InChI=1S/C24H35N3O3/c28-23(22-11-6-12-27(22)24(29)19-7-2-1-3-8-19)25-17-20-9-4-5-10-21(20)18-26-13-15-30-16-14-26/h4-5,9-10,19,22H,1-3,6-8,11-18H2,(H,25,28)/t22-/m1/s1. The Kier molecular flexibility index (Phi) is 7.39. The Bertz CT molecular complexity index is 726. The van der Waals surface area contributed by atoms with Crippen molar-refractivity contribution in [1.82, 2.24) is 15.1 Å². The summed E-state index contributed by atoms with van der Waals surface area (Å²) in [5, 5.41) is 3.13. The average Bonchev–Trinajstić information content (AvgIpc) is 3.29. The Labute approximate surface area is 179 Å². The van der Waals surface area contributed by atoms with Crippen LogP contribution in [0.5, 0.6) is 0 Å². The Morgan fingerprint density at radius 3 is 2.43 bits per heavy atom. The van der Waals surface area contributed by atoms with Crippen LogP contribution in [0.2, 0.25) is 0 Å². The van der Waals surface area contributed by atoms with Crippen LogP contribution in [-0.4, -0.2) is 60.5 Å². The molecule has 0 aromatic heterocycles. The van der Waals surface area contributed by atoms with Gasteiger partial charge in [-0.3, -0.25) is 14.5 Å². The molecule has 2 saturated heterocycles. The Hall–Kier alpha value is -1.92. The van der Waals surface area contributed by atoms with Crippen LogP contribution in [0.3, 0.4) is 0 Å². The van der Waals surface area contributed by atoms with Crippen molar-refractivity contribution in [3.63, 3.8) is 0 Å². The average molecular weight is 414 g/mol. The highest BCUT2D eigenvalue weighted by Crippen LogP contribution is 2.29. The smallest absolute Gasteiger partial charge is 0.243 e. The number of benzene rings is 1. The van der Waals surface area contributed by atoms with Crippen molar-refractivity contribution >= 4 is 11.8 Å². The van der Waals surface area contributed by atoms with E-state index < -0.39 is 0 Å². The van der Waals surface area contributed by atoms with Gasteiger partial charge in [-0.25, -0.2) is 0 Å². The molecule has 2 heterocycles. The van der Waals surface area contributed by atoms with Gasteiger partial charge in [0.25, 0.3) is 0 Å². The first-order valence-electron chi connectivity index (χ1n) is 11.7. The van der Waals surface area contributed by atoms with Crippen LogP contribution in [0.15, 0.2) is 24.3 Å². The minimum atomic E-state index is -0.300. The largest absolute Gasteiger partial charge is 0.379 e. The number of likely N-dealkylation sites (tertiary alicyclic amines) is 1. The second kappa shape index (κ2) is 10.4. The van der Waals surface area contributed by atoms with E-state index in [4.69, 9.17) is 4.74 Å². The Morgan fingerprint density at radius 2 is 1.67 bits per heavy atom. The minimum absolute atomic E-state index is 0.00200. The molecule has 3 aliphatic rings. The zero-order valence-corrected chi connectivity index (χ0v) is 18.0. The van der Waals surface area contributed by atoms with Crippen molar-refractivity contribution in [2.75, 3.05) is 32.8 Å². The number of amides is 2. The summed E-state index contributed by atoms with van der Waals surface area (Å²) in [6, 6.07) is 8.02. The SMILES string of the molecule is O=C(NCc1ccccc1CN1CCOCC1)[C@H]1CCCN1C(=O)C1CCCCC1. The predicted molar refractivity (Wildman–Crippen MR) is 116 cm³/mol. The van der Waals surface area contributed by atoms with Crippen LogP contribution in [0.1, 0.15) is 56.1 Å². The van der Waals surface area contributed by atoms with Gasteiger partial charge in [-0.15, -0.1) is 0 Å². The molecule has 0 radical (unpaired) electrons. The molecule has 1 atom stereocenters. The molecule has 30 heavy (non-hydrogen) atoms. The summed E-state index contributed by atoms with van der Waals surface area (Å²) in [7, 11) is 0. The molecule has 4 rings (SSSR count). The third-order valence-electron chi connectivity index (χ3n) is 6.86. The fourth-order valence-corrected chi connectivity index (χ4v) is 5.07. The molecule has 1 aromatic rings. The number of hydrogen-bond acceptors (Lipinski definition) is 4. The number of carbonyl (C=O) groups is 2. The van der Waals surface area contributed by atoms with Gasteiger partial charge in [0.2, 0.25) is 11.8 Å². The molecule has 164 valence electrons. The highest BCUT2D eigenvalue weighted by Gasteiger charge is 2.37. The maximum Gasteiger partial charge on any atom is 0.243 e. The molecule has 1 N–H and O–H groups in total. The van der Waals surface area contributed by atoms with Crippen LogP contribution in [-0.2, 0) is 27.4 Å². The van der Waals surface area contributed by atoms with Crippen molar-refractivity contribution in [2.45, 2.75) is 64.1 Å². The number of rotatable bonds is 6. The summed E-state index contributed by atoms with van der Waals surface area (Å²) in [4.78, 5) is 30.2. The number of nitrogens with zero attached hydrogens (tertiary/aromatic N) is 2.